The minimum absolute atomic E-state index is 0.0297. The van der Waals surface area contributed by atoms with Crippen molar-refractivity contribution in [2.45, 2.75) is 5.16 Å². The van der Waals surface area contributed by atoms with Crippen LogP contribution < -0.4 is 5.32 Å². The summed E-state index contributed by atoms with van der Waals surface area (Å²) in [4.78, 5) is 12.2. The number of amides is 1. The third kappa shape index (κ3) is 3.90. The average molecular weight is 471 g/mol. The molecule has 7 nitrogen and oxygen atoms in total. The van der Waals surface area contributed by atoms with Crippen molar-refractivity contribution in [3.05, 3.63) is 77.6 Å². The van der Waals surface area contributed by atoms with Gasteiger partial charge >= 0.3 is 0 Å². The minimum Gasteiger partial charge on any atom is -0.323 e. The maximum absolute atomic E-state index is 13.7. The maximum Gasteiger partial charge on any atom is 0.234 e. The summed E-state index contributed by atoms with van der Waals surface area (Å²) in [7, 11) is 0. The van der Waals surface area contributed by atoms with E-state index in [0.717, 1.165) is 34.6 Å². The Balaban J connectivity index is 1.36. The maximum atomic E-state index is 13.7. The first-order valence-corrected chi connectivity index (χ1v) is 10.7. The number of benzene rings is 2. The van der Waals surface area contributed by atoms with E-state index < -0.39 is 17.5 Å². The quantitative estimate of drug-likeness (QED) is 0.376. The fraction of sp³-hybridized carbons (Fsp3) is 0.0476. The number of fused-ring (bicyclic) bond motifs is 3. The second kappa shape index (κ2) is 8.21. The number of halogens is 3. The standard InChI is InChI=1S/C21H13ClF2N6OS/c22-13-3-1-12(2-4-13)17-10-18-20-26-27-21(29(20)7-8-30(18)28-17)32-11-19(31)25-16-6-5-14(23)9-15(16)24/h1-10H,11H2,(H,25,31). The number of nitrogens with zero attached hydrogens (tertiary/aromatic N) is 5. The molecule has 0 fully saturated rings. The first-order chi connectivity index (χ1) is 15.5. The minimum atomic E-state index is -0.837. The van der Waals surface area contributed by atoms with Crippen LogP contribution in [0, 0.1) is 11.6 Å². The molecule has 160 valence electrons. The molecule has 1 N–H and O–H groups in total. The van der Waals surface area contributed by atoms with Gasteiger partial charge in [0.1, 0.15) is 17.2 Å². The Morgan fingerprint density at radius 3 is 2.66 bits per heavy atom. The SMILES string of the molecule is O=C(CSc1nnc2c3cc(-c4ccc(Cl)cc4)nn3ccn12)Nc1ccc(F)cc1F. The third-order valence-corrected chi connectivity index (χ3v) is 5.86. The highest BCUT2D eigenvalue weighted by atomic mass is 35.5. The van der Waals surface area contributed by atoms with E-state index in [1.807, 2.05) is 18.2 Å². The highest BCUT2D eigenvalue weighted by Crippen LogP contribution is 2.25. The van der Waals surface area contributed by atoms with Crippen molar-refractivity contribution in [2.24, 2.45) is 0 Å². The highest BCUT2D eigenvalue weighted by Gasteiger charge is 2.15. The van der Waals surface area contributed by atoms with Crippen LogP contribution in [0.25, 0.3) is 22.4 Å². The van der Waals surface area contributed by atoms with Crippen molar-refractivity contribution >= 4 is 46.1 Å². The molecule has 0 radical (unpaired) electrons. The molecule has 0 bridgehead atoms. The van der Waals surface area contributed by atoms with E-state index >= 15 is 0 Å². The molecule has 1 amide bonds. The zero-order chi connectivity index (χ0) is 22.2. The normalized spacial score (nSPS) is 11.3. The molecule has 0 spiro atoms. The van der Waals surface area contributed by atoms with Crippen LogP contribution in [0.5, 0.6) is 0 Å². The topological polar surface area (TPSA) is 76.6 Å². The summed E-state index contributed by atoms with van der Waals surface area (Å²) in [6.07, 6.45) is 3.52. The third-order valence-electron chi connectivity index (χ3n) is 4.66. The molecule has 0 atom stereocenters. The van der Waals surface area contributed by atoms with Gasteiger partial charge in [0.15, 0.2) is 10.8 Å². The number of hydrogen-bond acceptors (Lipinski definition) is 5. The first-order valence-electron chi connectivity index (χ1n) is 9.35. The Morgan fingerprint density at radius 1 is 1.06 bits per heavy atom. The molecule has 0 saturated carbocycles. The van der Waals surface area contributed by atoms with E-state index in [1.165, 1.54) is 6.07 Å². The Labute approximate surface area is 189 Å². The van der Waals surface area contributed by atoms with E-state index in [9.17, 15) is 13.6 Å². The Kier molecular flexibility index (Phi) is 5.24. The number of carbonyl (C=O) groups is 1. The lowest BCUT2D eigenvalue weighted by Gasteiger charge is -2.06. The zero-order valence-corrected chi connectivity index (χ0v) is 17.7. The van der Waals surface area contributed by atoms with Crippen LogP contribution in [0.3, 0.4) is 0 Å². The van der Waals surface area contributed by atoms with Crippen LogP contribution in [-0.2, 0) is 4.79 Å². The average Bonchev–Trinajstić information content (AvgIpc) is 3.38. The molecule has 2 aromatic carbocycles. The van der Waals surface area contributed by atoms with E-state index in [1.54, 1.807) is 33.4 Å². The summed E-state index contributed by atoms with van der Waals surface area (Å²) in [6.45, 7) is 0. The highest BCUT2D eigenvalue weighted by molar-refractivity contribution is 7.99. The number of thioether (sulfide) groups is 1. The first kappa shape index (κ1) is 20.4. The number of nitrogens with one attached hydrogen (secondary N) is 1. The van der Waals surface area contributed by atoms with Crippen molar-refractivity contribution in [2.75, 3.05) is 11.1 Å². The molecule has 0 unspecified atom stereocenters. The van der Waals surface area contributed by atoms with Gasteiger partial charge in [-0.25, -0.2) is 13.3 Å². The second-order valence-corrected chi connectivity index (χ2v) is 8.18. The molecular formula is C21H13ClF2N6OS. The van der Waals surface area contributed by atoms with Crippen LogP contribution >= 0.6 is 23.4 Å². The summed E-state index contributed by atoms with van der Waals surface area (Å²) in [6, 6.07) is 12.2. The van der Waals surface area contributed by atoms with Crippen LogP contribution in [-0.4, -0.2) is 35.9 Å². The van der Waals surface area contributed by atoms with Gasteiger partial charge in [0, 0.05) is 29.0 Å². The van der Waals surface area contributed by atoms with Gasteiger partial charge in [0.25, 0.3) is 0 Å². The van der Waals surface area contributed by atoms with Crippen LogP contribution in [0.15, 0.2) is 66.1 Å². The molecule has 0 aliphatic rings. The van der Waals surface area contributed by atoms with Gasteiger partial charge < -0.3 is 5.32 Å². The zero-order valence-electron chi connectivity index (χ0n) is 16.2. The summed E-state index contributed by atoms with van der Waals surface area (Å²) >= 11 is 7.10. The monoisotopic (exact) mass is 470 g/mol. The fourth-order valence-corrected chi connectivity index (χ4v) is 4.00. The number of carbonyl (C=O) groups excluding carboxylic acids is 1. The van der Waals surface area contributed by atoms with Crippen LogP contribution in [0.2, 0.25) is 5.02 Å². The van der Waals surface area contributed by atoms with Crippen LogP contribution in [0.4, 0.5) is 14.5 Å². The summed E-state index contributed by atoms with van der Waals surface area (Å²) in [5, 5.41) is 16.5. The number of hydrogen-bond donors (Lipinski definition) is 1. The lowest BCUT2D eigenvalue weighted by atomic mass is 10.1. The molecule has 0 saturated heterocycles. The van der Waals surface area contributed by atoms with Crippen molar-refractivity contribution in [1.29, 1.82) is 0 Å². The number of anilines is 1. The van der Waals surface area contributed by atoms with Crippen molar-refractivity contribution in [1.82, 2.24) is 24.2 Å². The Morgan fingerprint density at radius 2 is 1.88 bits per heavy atom. The largest absolute Gasteiger partial charge is 0.323 e. The lowest BCUT2D eigenvalue weighted by Crippen LogP contribution is -2.15. The van der Waals surface area contributed by atoms with Crippen molar-refractivity contribution < 1.29 is 13.6 Å². The Hall–Kier alpha value is -3.50. The van der Waals surface area contributed by atoms with Gasteiger partial charge in [-0.1, -0.05) is 35.5 Å². The van der Waals surface area contributed by atoms with Crippen molar-refractivity contribution in [3.63, 3.8) is 0 Å². The number of aromatic nitrogens is 5. The van der Waals surface area contributed by atoms with Gasteiger partial charge in [-0.15, -0.1) is 10.2 Å². The van der Waals surface area contributed by atoms with E-state index in [0.29, 0.717) is 21.9 Å². The second-order valence-electron chi connectivity index (χ2n) is 6.80. The van der Waals surface area contributed by atoms with Gasteiger partial charge in [0.2, 0.25) is 5.91 Å². The summed E-state index contributed by atoms with van der Waals surface area (Å²) in [5.74, 6) is -2.03. The van der Waals surface area contributed by atoms with Gasteiger partial charge in [-0.05, 0) is 30.3 Å². The molecule has 0 aliphatic heterocycles. The fourth-order valence-electron chi connectivity index (χ4n) is 3.16. The molecular weight excluding hydrogens is 458 g/mol. The summed E-state index contributed by atoms with van der Waals surface area (Å²) < 4.78 is 30.2. The van der Waals surface area contributed by atoms with E-state index in [2.05, 4.69) is 20.6 Å². The van der Waals surface area contributed by atoms with Crippen LogP contribution in [0.1, 0.15) is 0 Å². The van der Waals surface area contributed by atoms with E-state index in [4.69, 9.17) is 11.6 Å². The van der Waals surface area contributed by atoms with Crippen molar-refractivity contribution in [3.8, 4) is 11.3 Å². The molecule has 5 aromatic rings. The molecule has 32 heavy (non-hydrogen) atoms. The van der Waals surface area contributed by atoms with Gasteiger partial charge in [-0.3, -0.25) is 9.20 Å². The summed E-state index contributed by atoms with van der Waals surface area (Å²) in [5.41, 5.74) is 2.91. The predicted octanol–water partition coefficient (Wildman–Crippen LogP) is 4.71. The predicted molar refractivity (Wildman–Crippen MR) is 118 cm³/mol. The Bertz CT molecular complexity index is 1470. The van der Waals surface area contributed by atoms with E-state index in [-0.39, 0.29) is 11.4 Å². The molecule has 0 aliphatic carbocycles. The molecule has 3 heterocycles. The lowest BCUT2D eigenvalue weighted by molar-refractivity contribution is -0.113. The molecule has 3 aromatic heterocycles. The van der Waals surface area contributed by atoms with Gasteiger partial charge in [-0.2, -0.15) is 5.10 Å². The van der Waals surface area contributed by atoms with Gasteiger partial charge in [0.05, 0.1) is 17.1 Å². The molecule has 5 rings (SSSR count). The number of rotatable bonds is 5. The molecule has 11 heteroatoms. The smallest absolute Gasteiger partial charge is 0.234 e.